The van der Waals surface area contributed by atoms with E-state index in [1.165, 1.54) is 16.7 Å². The molecule has 154 valence electrons. The van der Waals surface area contributed by atoms with E-state index in [1.807, 2.05) is 6.92 Å². The fraction of sp³-hybridized carbons (Fsp3) is 0.227. The van der Waals surface area contributed by atoms with Crippen LogP contribution >= 0.6 is 11.6 Å². The SMILES string of the molecule is CCCc1cc(=O)oc2cc(OC(=O)CCn3c(=O)oc4cc(Cl)ccc43)ccc12. The molecule has 0 radical (unpaired) electrons. The molecule has 0 bridgehead atoms. The van der Waals surface area contributed by atoms with Gasteiger partial charge in [0.2, 0.25) is 0 Å². The Balaban J connectivity index is 1.51. The molecule has 2 aromatic carbocycles. The molecule has 0 aliphatic rings. The number of halogens is 1. The van der Waals surface area contributed by atoms with Gasteiger partial charge < -0.3 is 13.6 Å². The first-order chi connectivity index (χ1) is 14.4. The Morgan fingerprint density at radius 1 is 1.07 bits per heavy atom. The molecule has 0 aliphatic carbocycles. The van der Waals surface area contributed by atoms with Crippen LogP contribution in [0.15, 0.2) is 60.9 Å². The van der Waals surface area contributed by atoms with Crippen LogP contribution in [0.25, 0.3) is 22.1 Å². The number of hydrogen-bond acceptors (Lipinski definition) is 6. The first-order valence-corrected chi connectivity index (χ1v) is 9.89. The van der Waals surface area contributed by atoms with Gasteiger partial charge in [0.25, 0.3) is 0 Å². The number of esters is 1. The van der Waals surface area contributed by atoms with E-state index in [9.17, 15) is 14.4 Å². The average Bonchev–Trinajstić information content (AvgIpc) is 3.00. The molecule has 2 heterocycles. The quantitative estimate of drug-likeness (QED) is 0.259. The normalized spacial score (nSPS) is 11.3. The van der Waals surface area contributed by atoms with E-state index in [4.69, 9.17) is 25.2 Å². The highest BCUT2D eigenvalue weighted by atomic mass is 35.5. The van der Waals surface area contributed by atoms with Gasteiger partial charge in [-0.1, -0.05) is 24.9 Å². The number of ether oxygens (including phenoxy) is 1. The molecule has 0 spiro atoms. The summed E-state index contributed by atoms with van der Waals surface area (Å²) in [5, 5.41) is 1.26. The molecule has 2 aromatic heterocycles. The zero-order chi connectivity index (χ0) is 21.3. The molecule has 4 aromatic rings. The zero-order valence-corrected chi connectivity index (χ0v) is 16.9. The predicted octanol–water partition coefficient (Wildman–Crippen LogP) is 4.30. The molecule has 0 atom stereocenters. The van der Waals surface area contributed by atoms with Crippen LogP contribution in [0.1, 0.15) is 25.3 Å². The van der Waals surface area contributed by atoms with Crippen LogP contribution in [0.4, 0.5) is 0 Å². The van der Waals surface area contributed by atoms with Crippen molar-refractivity contribution in [1.29, 1.82) is 0 Å². The minimum atomic E-state index is -0.573. The summed E-state index contributed by atoms with van der Waals surface area (Å²) in [6, 6.07) is 11.3. The van der Waals surface area contributed by atoms with Gasteiger partial charge in [-0.05, 0) is 36.2 Å². The van der Waals surface area contributed by atoms with E-state index >= 15 is 0 Å². The van der Waals surface area contributed by atoms with Gasteiger partial charge in [-0.15, -0.1) is 0 Å². The topological polar surface area (TPSA) is 91.6 Å². The maximum atomic E-state index is 12.3. The number of nitrogens with zero attached hydrogens (tertiary/aromatic N) is 1. The second-order valence-corrected chi connectivity index (χ2v) is 7.29. The second-order valence-electron chi connectivity index (χ2n) is 6.85. The summed E-state index contributed by atoms with van der Waals surface area (Å²) in [4.78, 5) is 36.1. The van der Waals surface area contributed by atoms with E-state index in [-0.39, 0.29) is 18.7 Å². The van der Waals surface area contributed by atoms with Crippen molar-refractivity contribution in [1.82, 2.24) is 4.57 Å². The van der Waals surface area contributed by atoms with Crippen LogP contribution in [0.5, 0.6) is 5.75 Å². The van der Waals surface area contributed by atoms with Crippen molar-refractivity contribution in [3.05, 3.63) is 74.0 Å². The number of carbonyl (C=O) groups excluding carboxylic acids is 1. The smallest absolute Gasteiger partial charge is 0.419 e. The van der Waals surface area contributed by atoms with Crippen molar-refractivity contribution in [2.24, 2.45) is 0 Å². The van der Waals surface area contributed by atoms with E-state index in [1.54, 1.807) is 30.3 Å². The van der Waals surface area contributed by atoms with Crippen LogP contribution < -0.4 is 16.1 Å². The number of hydrogen-bond donors (Lipinski definition) is 0. The molecule has 0 unspecified atom stereocenters. The van der Waals surface area contributed by atoms with Gasteiger partial charge in [-0.25, -0.2) is 9.59 Å². The fourth-order valence-electron chi connectivity index (χ4n) is 3.39. The second kappa shape index (κ2) is 8.20. The van der Waals surface area contributed by atoms with Crippen LogP contribution in [-0.4, -0.2) is 10.5 Å². The molecule has 8 heteroatoms. The average molecular weight is 428 g/mol. The van der Waals surface area contributed by atoms with Gasteiger partial charge in [0, 0.05) is 35.2 Å². The standard InChI is InChI=1S/C22H18ClNO6/c1-2-3-13-10-21(26)29-18-12-15(5-6-16(13)18)28-20(25)8-9-24-17-7-4-14(23)11-19(17)30-22(24)27/h4-7,10-12H,2-3,8-9H2,1H3. The highest BCUT2D eigenvalue weighted by molar-refractivity contribution is 6.31. The first-order valence-electron chi connectivity index (χ1n) is 9.51. The van der Waals surface area contributed by atoms with E-state index in [0.29, 0.717) is 21.7 Å². The number of fused-ring (bicyclic) bond motifs is 2. The summed E-state index contributed by atoms with van der Waals surface area (Å²) < 4.78 is 17.1. The minimum absolute atomic E-state index is 0.0466. The number of carbonyl (C=O) groups is 1. The first kappa shape index (κ1) is 20.0. The molecule has 0 saturated carbocycles. The lowest BCUT2D eigenvalue weighted by Crippen LogP contribution is -2.18. The third-order valence-electron chi connectivity index (χ3n) is 4.72. The van der Waals surface area contributed by atoms with Gasteiger partial charge >= 0.3 is 17.4 Å². The Labute approximate surface area is 175 Å². The monoisotopic (exact) mass is 427 g/mol. The summed E-state index contributed by atoms with van der Waals surface area (Å²) in [6.45, 7) is 2.12. The number of aryl methyl sites for hydroxylation is 2. The van der Waals surface area contributed by atoms with Crippen molar-refractivity contribution in [3.63, 3.8) is 0 Å². The van der Waals surface area contributed by atoms with Crippen LogP contribution in [0, 0.1) is 0 Å². The van der Waals surface area contributed by atoms with Crippen molar-refractivity contribution in [2.75, 3.05) is 0 Å². The Morgan fingerprint density at radius 2 is 1.90 bits per heavy atom. The zero-order valence-electron chi connectivity index (χ0n) is 16.1. The lowest BCUT2D eigenvalue weighted by Gasteiger charge is -2.08. The Hall–Kier alpha value is -3.32. The van der Waals surface area contributed by atoms with Crippen molar-refractivity contribution >= 4 is 39.6 Å². The molecule has 0 saturated heterocycles. The Morgan fingerprint density at radius 3 is 2.70 bits per heavy atom. The number of oxazole rings is 1. The van der Waals surface area contributed by atoms with E-state index in [0.717, 1.165) is 23.8 Å². The molecular formula is C22H18ClNO6. The molecule has 0 aliphatic heterocycles. The molecule has 0 amide bonds. The number of aromatic nitrogens is 1. The molecule has 0 N–H and O–H groups in total. The van der Waals surface area contributed by atoms with E-state index in [2.05, 4.69) is 0 Å². The van der Waals surface area contributed by atoms with Gasteiger partial charge in [0.1, 0.15) is 11.3 Å². The van der Waals surface area contributed by atoms with Crippen molar-refractivity contribution in [3.8, 4) is 5.75 Å². The third-order valence-corrected chi connectivity index (χ3v) is 4.96. The number of rotatable bonds is 6. The maximum absolute atomic E-state index is 12.3. The van der Waals surface area contributed by atoms with Crippen molar-refractivity contribution in [2.45, 2.75) is 32.7 Å². The molecule has 7 nitrogen and oxygen atoms in total. The highest BCUT2D eigenvalue weighted by Crippen LogP contribution is 2.24. The summed E-state index contributed by atoms with van der Waals surface area (Å²) in [5.41, 5.74) is 1.72. The molecule has 0 fully saturated rings. The lowest BCUT2D eigenvalue weighted by molar-refractivity contribution is -0.134. The Bertz CT molecular complexity index is 1360. The van der Waals surface area contributed by atoms with Crippen molar-refractivity contribution < 1.29 is 18.4 Å². The maximum Gasteiger partial charge on any atom is 0.419 e. The summed E-state index contributed by atoms with van der Waals surface area (Å²) in [7, 11) is 0. The summed E-state index contributed by atoms with van der Waals surface area (Å²) in [5.74, 6) is -0.840. The summed E-state index contributed by atoms with van der Waals surface area (Å²) in [6.07, 6.45) is 1.60. The Kier molecular flexibility index (Phi) is 5.46. The highest BCUT2D eigenvalue weighted by Gasteiger charge is 2.13. The van der Waals surface area contributed by atoms with E-state index < -0.39 is 17.4 Å². The van der Waals surface area contributed by atoms with Gasteiger partial charge in [0.15, 0.2) is 5.58 Å². The number of benzene rings is 2. The largest absolute Gasteiger partial charge is 0.426 e. The lowest BCUT2D eigenvalue weighted by atomic mass is 10.1. The van der Waals surface area contributed by atoms with Crippen LogP contribution in [0.2, 0.25) is 5.02 Å². The van der Waals surface area contributed by atoms with Crippen LogP contribution in [0.3, 0.4) is 0 Å². The van der Waals surface area contributed by atoms with Crippen LogP contribution in [-0.2, 0) is 17.8 Å². The van der Waals surface area contributed by atoms with Gasteiger partial charge in [0.05, 0.1) is 11.9 Å². The predicted molar refractivity (Wildman–Crippen MR) is 112 cm³/mol. The van der Waals surface area contributed by atoms with Gasteiger partial charge in [-0.2, -0.15) is 0 Å². The molecule has 30 heavy (non-hydrogen) atoms. The molecule has 4 rings (SSSR count). The third kappa shape index (κ3) is 4.02. The fourth-order valence-corrected chi connectivity index (χ4v) is 3.55. The molecular weight excluding hydrogens is 410 g/mol. The summed E-state index contributed by atoms with van der Waals surface area (Å²) >= 11 is 5.90. The minimum Gasteiger partial charge on any atom is -0.426 e. The van der Waals surface area contributed by atoms with Gasteiger partial charge in [-0.3, -0.25) is 9.36 Å².